The Bertz CT molecular complexity index is 511. The van der Waals surface area contributed by atoms with E-state index in [4.69, 9.17) is 0 Å². The molecule has 7 atom stereocenters. The summed E-state index contributed by atoms with van der Waals surface area (Å²) in [6, 6.07) is 0. The summed E-state index contributed by atoms with van der Waals surface area (Å²) in [5, 5.41) is 9.38. The first-order valence-electron chi connectivity index (χ1n) is 7.23. The minimum absolute atomic E-state index is 0.0137. The number of hydrogen-bond acceptors (Lipinski definition) is 1. The first kappa shape index (κ1) is 14.2. The lowest BCUT2D eigenvalue weighted by atomic mass is 9.48. The number of alkyl halides is 6. The van der Waals surface area contributed by atoms with E-state index in [1.807, 2.05) is 13.8 Å². The smallest absolute Gasteiger partial charge is 0.374 e. The Morgan fingerprint density at radius 1 is 0.952 bits per heavy atom. The predicted octanol–water partition coefficient (Wildman–Crippen LogP) is 3.77. The Labute approximate surface area is 117 Å². The zero-order chi connectivity index (χ0) is 15.8. The molecule has 4 aliphatic rings. The molecule has 2 spiro atoms. The predicted molar refractivity (Wildman–Crippen MR) is 60.0 cm³/mol. The molecule has 4 fully saturated rings. The zero-order valence-corrected chi connectivity index (χ0v) is 11.5. The summed E-state index contributed by atoms with van der Waals surface area (Å²) < 4.78 is 76.9. The van der Waals surface area contributed by atoms with Crippen LogP contribution < -0.4 is 0 Å². The Morgan fingerprint density at radius 3 is 1.90 bits per heavy atom. The van der Waals surface area contributed by atoms with E-state index >= 15 is 0 Å². The van der Waals surface area contributed by atoms with E-state index in [2.05, 4.69) is 0 Å². The van der Waals surface area contributed by atoms with Crippen molar-refractivity contribution in [2.24, 2.45) is 40.4 Å². The van der Waals surface area contributed by atoms with Gasteiger partial charge in [-0.15, -0.1) is 0 Å². The minimum Gasteiger partial charge on any atom is -0.374 e. The maximum atomic E-state index is 12.8. The molecule has 0 aromatic carbocycles. The van der Waals surface area contributed by atoms with Gasteiger partial charge in [-0.1, -0.05) is 13.8 Å². The lowest BCUT2D eigenvalue weighted by molar-refractivity contribution is -0.378. The summed E-state index contributed by atoms with van der Waals surface area (Å²) in [6.45, 7) is 3.97. The van der Waals surface area contributed by atoms with E-state index in [0.717, 1.165) is 0 Å². The molecule has 0 aromatic heterocycles. The lowest BCUT2D eigenvalue weighted by Crippen LogP contribution is -2.62. The van der Waals surface area contributed by atoms with Crippen LogP contribution in [0.4, 0.5) is 26.3 Å². The van der Waals surface area contributed by atoms with E-state index in [1.54, 1.807) is 0 Å². The first-order valence-corrected chi connectivity index (χ1v) is 7.23. The average molecular weight is 314 g/mol. The van der Waals surface area contributed by atoms with Crippen molar-refractivity contribution >= 4 is 0 Å². The Kier molecular flexibility index (Phi) is 2.09. The van der Waals surface area contributed by atoms with Crippen LogP contribution in [-0.4, -0.2) is 23.1 Å². The summed E-state index contributed by atoms with van der Waals surface area (Å²) in [7, 11) is 0. The Morgan fingerprint density at radius 2 is 1.48 bits per heavy atom. The summed E-state index contributed by atoms with van der Waals surface area (Å²) in [5.74, 6) is 0.778. The van der Waals surface area contributed by atoms with Crippen molar-refractivity contribution in [1.82, 2.24) is 0 Å². The van der Waals surface area contributed by atoms with Gasteiger partial charge >= 0.3 is 12.4 Å². The number of halogens is 6. The molecular weight excluding hydrogens is 298 g/mol. The van der Waals surface area contributed by atoms with Gasteiger partial charge in [0.05, 0.1) is 0 Å². The molecule has 120 valence electrons. The fourth-order valence-corrected chi connectivity index (χ4v) is 6.81. The van der Waals surface area contributed by atoms with E-state index in [-0.39, 0.29) is 22.7 Å². The quantitative estimate of drug-likeness (QED) is 0.769. The molecule has 1 N–H and O–H groups in total. The maximum absolute atomic E-state index is 12.8. The molecule has 0 bridgehead atoms. The van der Waals surface area contributed by atoms with E-state index in [1.165, 1.54) is 0 Å². The average Bonchev–Trinajstić information content (AvgIpc) is 3.05. The second kappa shape index (κ2) is 3.10. The second-order valence-electron chi connectivity index (χ2n) is 7.56. The van der Waals surface area contributed by atoms with E-state index in [0.29, 0.717) is 18.3 Å². The third-order valence-electron chi connectivity index (χ3n) is 7.50. The van der Waals surface area contributed by atoms with Crippen LogP contribution in [0.15, 0.2) is 0 Å². The number of rotatable bonds is 2. The van der Waals surface area contributed by atoms with E-state index in [9.17, 15) is 31.4 Å². The van der Waals surface area contributed by atoms with Gasteiger partial charge in [0.25, 0.3) is 5.60 Å². The molecule has 0 radical (unpaired) electrons. The monoisotopic (exact) mass is 314 g/mol. The lowest BCUT2D eigenvalue weighted by Gasteiger charge is -2.57. The highest BCUT2D eigenvalue weighted by Crippen LogP contribution is 3.06. The normalized spacial score (nSPS) is 53.9. The third-order valence-corrected chi connectivity index (χ3v) is 7.50. The van der Waals surface area contributed by atoms with Crippen LogP contribution in [0.25, 0.3) is 0 Å². The molecule has 1 nitrogen and oxygen atoms in total. The standard InChI is InChI=1S/C14H16F6O/c1-5-8-9-6(2)12(9)7(3-10(5,8)12)4-11(21,13(15,16)17)14(18,19)20/h5-9,21H,3-4H2,1-2H3. The summed E-state index contributed by atoms with van der Waals surface area (Å²) >= 11 is 0. The summed E-state index contributed by atoms with van der Waals surface area (Å²) in [5.41, 5.74) is -4.89. The molecule has 0 amide bonds. The van der Waals surface area contributed by atoms with Crippen LogP contribution in [-0.2, 0) is 0 Å². The minimum atomic E-state index is -5.68. The van der Waals surface area contributed by atoms with Crippen molar-refractivity contribution in [3.05, 3.63) is 0 Å². The Hall–Kier alpha value is -0.460. The van der Waals surface area contributed by atoms with Crippen molar-refractivity contribution in [3.63, 3.8) is 0 Å². The van der Waals surface area contributed by atoms with E-state index < -0.39 is 30.3 Å². The van der Waals surface area contributed by atoms with Gasteiger partial charge in [-0.25, -0.2) is 0 Å². The van der Waals surface area contributed by atoms with Crippen LogP contribution in [0.2, 0.25) is 0 Å². The van der Waals surface area contributed by atoms with Crippen LogP contribution in [0.5, 0.6) is 0 Å². The molecule has 21 heavy (non-hydrogen) atoms. The van der Waals surface area contributed by atoms with Crippen molar-refractivity contribution in [3.8, 4) is 0 Å². The molecule has 7 unspecified atom stereocenters. The molecule has 0 heterocycles. The third kappa shape index (κ3) is 1.08. The molecule has 0 aliphatic heterocycles. The van der Waals surface area contributed by atoms with Crippen LogP contribution >= 0.6 is 0 Å². The highest BCUT2D eigenvalue weighted by Gasteiger charge is 3.02. The molecule has 4 aliphatic carbocycles. The zero-order valence-electron chi connectivity index (χ0n) is 11.5. The molecule has 4 rings (SSSR count). The van der Waals surface area contributed by atoms with Crippen molar-refractivity contribution in [2.75, 3.05) is 0 Å². The Balaban J connectivity index is 1.60. The topological polar surface area (TPSA) is 20.2 Å². The number of fused-ring (bicyclic) bond motifs is 1. The molecule has 7 heteroatoms. The van der Waals surface area contributed by atoms with Gasteiger partial charge in [0.2, 0.25) is 0 Å². The molecule has 0 saturated heterocycles. The number of hydrogen-bond donors (Lipinski definition) is 1. The largest absolute Gasteiger partial charge is 0.426 e. The van der Waals surface area contributed by atoms with Crippen molar-refractivity contribution in [2.45, 2.75) is 44.6 Å². The first-order chi connectivity index (χ1) is 9.37. The van der Waals surface area contributed by atoms with Crippen molar-refractivity contribution < 1.29 is 31.4 Å². The van der Waals surface area contributed by atoms with Crippen LogP contribution in [0.3, 0.4) is 0 Å². The van der Waals surface area contributed by atoms with Crippen LogP contribution in [0.1, 0.15) is 26.7 Å². The summed E-state index contributed by atoms with van der Waals surface area (Å²) in [6.07, 6.45) is -12.2. The van der Waals surface area contributed by atoms with Gasteiger partial charge in [-0.2, -0.15) is 26.3 Å². The second-order valence-corrected chi connectivity index (χ2v) is 7.56. The molecule has 0 aromatic rings. The van der Waals surface area contributed by atoms with Gasteiger partial charge in [-0.3, -0.25) is 0 Å². The van der Waals surface area contributed by atoms with Crippen molar-refractivity contribution in [1.29, 1.82) is 0 Å². The fraction of sp³-hybridized carbons (Fsp3) is 1.00. The van der Waals surface area contributed by atoms with Gasteiger partial charge < -0.3 is 5.11 Å². The van der Waals surface area contributed by atoms with Crippen LogP contribution in [0, 0.1) is 40.4 Å². The summed E-state index contributed by atoms with van der Waals surface area (Å²) in [4.78, 5) is 0. The SMILES string of the molecule is CC1C2C3C(C)C34C(CC(O)(C(F)(F)F)C(F)(F)F)CC124. The molecule has 4 saturated carbocycles. The van der Waals surface area contributed by atoms with Gasteiger partial charge in [-0.05, 0) is 53.3 Å². The van der Waals surface area contributed by atoms with Gasteiger partial charge in [0.1, 0.15) is 0 Å². The van der Waals surface area contributed by atoms with Gasteiger partial charge in [0, 0.05) is 0 Å². The van der Waals surface area contributed by atoms with Gasteiger partial charge in [0.15, 0.2) is 0 Å². The highest BCUT2D eigenvalue weighted by atomic mass is 19.4. The number of aliphatic hydroxyl groups is 1. The maximum Gasteiger partial charge on any atom is 0.426 e. The highest BCUT2D eigenvalue weighted by molar-refractivity contribution is 5.49. The fourth-order valence-electron chi connectivity index (χ4n) is 6.81. The molecular formula is C14H16F6O.